The Morgan fingerprint density at radius 2 is 1.54 bits per heavy atom. The number of ether oxygens (including phenoxy) is 9. The highest BCUT2D eigenvalue weighted by molar-refractivity contribution is 6.02. The Bertz CT molecular complexity index is 5310. The monoisotopic (exact) mass is 1900 g/mol. The van der Waals surface area contributed by atoms with Crippen LogP contribution in [-0.2, 0) is 66.9 Å². The molecule has 0 bridgehead atoms. The number of tetrazole rings is 1. The SMILES string of the molecule is C=C1/C(=C\C=C2/CCC[C@]3(C)[C@@H]([C@H](C)CCCC(C)(C)O)CC[C@@H]23)C[C@@H](O)C[C@@H]1O.CCCCCOC(=O)Nc1nc(=O)n([C@@H]2O[C@H](C)[C@@H](O)[C@H]2O)cc1F.CCOc1nc2cccc(C(=O)OC(C)OC(=O)OC3CCCCC3)c2n1Cc1ccc(-c2ccccc2-c2nnn[nH]2)cc1.COCCOC[C@H](CC1(C(=O)N[C@H]2CC[C@@H](C(=O)O)CC2)CCCC1)C(=O)Oc1ccc2c(c1)CCC2. The van der Waals surface area contributed by atoms with Crippen molar-refractivity contribution in [1.29, 1.82) is 0 Å². The number of aliphatic carboxylic acids is 1. The summed E-state index contributed by atoms with van der Waals surface area (Å²) in [6.07, 6.45) is 23.7. The number of benzene rings is 4. The number of carbonyl (C=O) groups is 6. The van der Waals surface area contributed by atoms with Gasteiger partial charge in [-0.1, -0.05) is 151 Å². The fraction of sp³-hybridized carbons (Fsp3) is 0.596. The summed E-state index contributed by atoms with van der Waals surface area (Å²) >= 11 is 0. The molecule has 32 nitrogen and oxygen atoms in total. The van der Waals surface area contributed by atoms with Crippen LogP contribution >= 0.6 is 0 Å². The topological polar surface area (TPSA) is 438 Å². The summed E-state index contributed by atoms with van der Waals surface area (Å²) in [5, 5.41) is 78.6. The van der Waals surface area contributed by atoms with Crippen LogP contribution in [0.15, 0.2) is 131 Å². The number of rotatable bonds is 34. The van der Waals surface area contributed by atoms with E-state index in [1.54, 1.807) is 24.8 Å². The number of carboxylic acids is 1. The van der Waals surface area contributed by atoms with Crippen molar-refractivity contribution in [2.45, 2.75) is 315 Å². The van der Waals surface area contributed by atoms with Crippen LogP contribution in [0, 0.1) is 46.2 Å². The van der Waals surface area contributed by atoms with Crippen molar-refractivity contribution in [3.63, 3.8) is 0 Å². The number of fused-ring (bicyclic) bond motifs is 3. The summed E-state index contributed by atoms with van der Waals surface area (Å²) in [4.78, 5) is 95.7. The predicted octanol–water partition coefficient (Wildman–Crippen LogP) is 16.9. The number of aryl methyl sites for hydroxylation is 2. The number of imidazole rings is 1. The van der Waals surface area contributed by atoms with Gasteiger partial charge in [0, 0.05) is 32.1 Å². The number of aromatic nitrogens is 8. The number of carbonyl (C=O) groups excluding carboxylic acids is 5. The van der Waals surface area contributed by atoms with Gasteiger partial charge in [0.05, 0.1) is 104 Å². The molecule has 2 amide bonds. The number of aromatic amines is 1. The lowest BCUT2D eigenvalue weighted by atomic mass is 9.60. The number of unbranched alkanes of at least 4 members (excludes halogenated alkanes) is 2. The fourth-order valence-electron chi connectivity index (χ4n) is 21.0. The minimum Gasteiger partial charge on any atom is -0.481 e. The van der Waals surface area contributed by atoms with Crippen molar-refractivity contribution >= 4 is 52.9 Å². The number of aliphatic hydroxyl groups is 5. The maximum absolute atomic E-state index is 14.1. The third kappa shape index (κ3) is 28.4. The maximum Gasteiger partial charge on any atom is 0.511 e. The highest BCUT2D eigenvalue weighted by atomic mass is 19.1. The first-order chi connectivity index (χ1) is 65.7. The molecule has 0 spiro atoms. The van der Waals surface area contributed by atoms with Crippen molar-refractivity contribution in [2.75, 3.05) is 45.5 Å². The summed E-state index contributed by atoms with van der Waals surface area (Å²) < 4.78 is 65.5. The van der Waals surface area contributed by atoms with Crippen molar-refractivity contribution in [1.82, 2.24) is 45.0 Å². The van der Waals surface area contributed by atoms with Crippen LogP contribution < -0.4 is 25.8 Å². The van der Waals surface area contributed by atoms with Crippen molar-refractivity contribution in [2.24, 2.45) is 40.4 Å². The molecule has 4 aromatic carbocycles. The molecule has 7 aromatic rings. The second kappa shape index (κ2) is 49.8. The first kappa shape index (κ1) is 105. The molecule has 0 radical (unpaired) electrons. The largest absolute Gasteiger partial charge is 0.511 e. The van der Waals surface area contributed by atoms with Crippen LogP contribution in [0.2, 0.25) is 0 Å². The van der Waals surface area contributed by atoms with Gasteiger partial charge < -0.3 is 78.6 Å². The molecule has 1 unspecified atom stereocenters. The molecule has 4 heterocycles. The van der Waals surface area contributed by atoms with Gasteiger partial charge in [-0.25, -0.2) is 28.7 Å². The normalized spacial score (nSPS) is 24.2. The number of amides is 2. The number of nitrogens with one attached hydrogen (secondary N) is 3. The van der Waals surface area contributed by atoms with Crippen LogP contribution in [0.5, 0.6) is 11.8 Å². The number of halogens is 1. The van der Waals surface area contributed by atoms with Crippen molar-refractivity contribution in [3.8, 4) is 34.3 Å². The van der Waals surface area contributed by atoms with Crippen LogP contribution in [-0.4, -0.2) is 201 Å². The van der Waals surface area contributed by atoms with Gasteiger partial charge >= 0.3 is 35.8 Å². The van der Waals surface area contributed by atoms with Gasteiger partial charge in [0.15, 0.2) is 23.7 Å². The number of esters is 2. The third-order valence-corrected chi connectivity index (χ3v) is 28.5. The minimum atomic E-state index is -1.41. The Labute approximate surface area is 801 Å². The molecule has 7 fully saturated rings. The molecule has 746 valence electrons. The predicted molar refractivity (Wildman–Crippen MR) is 510 cm³/mol. The van der Waals surface area contributed by atoms with Crippen LogP contribution in [0.25, 0.3) is 33.5 Å². The molecule has 7 aliphatic carbocycles. The fourth-order valence-corrected chi connectivity index (χ4v) is 21.0. The van der Waals surface area contributed by atoms with Crippen molar-refractivity contribution in [3.05, 3.63) is 165 Å². The van der Waals surface area contributed by atoms with Gasteiger partial charge in [-0.3, -0.25) is 28.8 Å². The number of methoxy groups -OCH3 is 1. The zero-order valence-electron chi connectivity index (χ0n) is 80.8. The van der Waals surface area contributed by atoms with Crippen LogP contribution in [0.1, 0.15) is 268 Å². The molecule has 6 saturated carbocycles. The molecule has 8 aliphatic rings. The zero-order chi connectivity index (χ0) is 98.1. The van der Waals surface area contributed by atoms with Gasteiger partial charge in [-0.15, -0.1) is 5.10 Å². The Hall–Kier alpha value is -10.7. The Balaban J connectivity index is 0.000000168. The Morgan fingerprint density at radius 3 is 2.23 bits per heavy atom. The molecule has 15 rings (SSSR count). The summed E-state index contributed by atoms with van der Waals surface area (Å²) in [6, 6.07) is 27.4. The maximum atomic E-state index is 14.1. The summed E-state index contributed by atoms with van der Waals surface area (Å²) in [5.41, 5.74) is 9.35. The van der Waals surface area contributed by atoms with E-state index in [9.17, 15) is 68.6 Å². The van der Waals surface area contributed by atoms with E-state index in [1.807, 2.05) is 105 Å². The van der Waals surface area contributed by atoms with E-state index in [2.05, 4.69) is 73.8 Å². The number of allylic oxidation sites excluding steroid dienone is 3. The number of aliphatic hydroxyl groups excluding tert-OH is 4. The standard InChI is InChI=1S/C33H34N6O6.C29H41NO7.C27H44O3.C15H22FN3O6/c1-3-42-32-34-28-15-9-14-27(31(40)43-21(2)44-33(41)45-24-10-5-4-6-11-24)29(28)39(32)20-22-16-18-23(19-17-22)25-12-7-8-13-26(25)30-35-37-38-36-30;1-35-15-16-36-19-23(27(33)37-25-12-9-20-5-4-6-22(20)17-25)18-29(13-2-3-14-29)28(34)30-24-10-7-21(8-11-24)26(31)32;1-18(8-6-14-26(3,4)30)23-12-13-24-20(9-7-15-27(23,24)5)10-11-21-16-22(28)17-25(29)19(21)2;1-3-4-5-6-24-15(23)18-12-9(16)7-19(14(22)17-12)13-11(21)10(20)8(2)25-13/h7-9,12-19,21,24H,3-6,10-11,20H2,1-2H3,(H,35,36,37,38);9,12,17,21,23-24H,2-8,10-11,13-16,18-19H2,1H3,(H,30,34)(H,31,32);10-11,18,22-25,28-30H,2,6-9,12-17H2,1,3-5H3;7-8,10-11,13,20-21H,3-6H2,1-2H3,(H,17,18,22,23)/b;;20-10+,21-11-;/t;21-,23-,24+;18-,22-,23-,24+,25+,27-;8-,10-,11-,13-/m.011/s1. The average Bonchev–Trinajstić information content (AvgIpc) is 1.61. The van der Waals surface area contributed by atoms with Crippen LogP contribution in [0.3, 0.4) is 0 Å². The molecule has 1 aliphatic heterocycles. The number of hydrogen-bond acceptors (Lipinski definition) is 26. The molecule has 9 N–H and O–H groups in total. The molecular formula is C104H141FN10O22. The molecule has 12 atom stereocenters. The number of H-pyrrole nitrogens is 1. The van der Waals surface area contributed by atoms with Gasteiger partial charge in [-0.2, -0.15) is 9.97 Å². The van der Waals surface area contributed by atoms with E-state index >= 15 is 0 Å². The van der Waals surface area contributed by atoms with E-state index < -0.39 is 101 Å². The Kier molecular flexibility index (Phi) is 38.2. The molecule has 33 heteroatoms. The highest BCUT2D eigenvalue weighted by Gasteiger charge is 2.51. The highest BCUT2D eigenvalue weighted by Crippen LogP contribution is 2.60. The van der Waals surface area contributed by atoms with Gasteiger partial charge in [0.1, 0.15) is 24.1 Å². The molecule has 1 saturated heterocycles. The van der Waals surface area contributed by atoms with E-state index in [1.165, 1.54) is 63.5 Å². The van der Waals surface area contributed by atoms with E-state index in [-0.39, 0.29) is 48.7 Å². The first-order valence-electron chi connectivity index (χ1n) is 49.2. The molecular weight excluding hydrogens is 1760 g/mol. The Morgan fingerprint density at radius 1 is 0.796 bits per heavy atom. The van der Waals surface area contributed by atoms with Gasteiger partial charge in [0.2, 0.25) is 12.2 Å². The van der Waals surface area contributed by atoms with E-state index in [0.29, 0.717) is 124 Å². The summed E-state index contributed by atoms with van der Waals surface area (Å²) in [6.45, 7) is 21.6. The number of nitrogens with zero attached hydrogens (tertiary/aromatic N) is 7. The molecule has 137 heavy (non-hydrogen) atoms. The number of anilines is 1. The lowest BCUT2D eigenvalue weighted by molar-refractivity contribution is -0.145. The number of carboxylic acid groups (broad SMARTS) is 1. The van der Waals surface area contributed by atoms with Crippen LogP contribution in [0.4, 0.5) is 19.8 Å². The lowest BCUT2D eigenvalue weighted by Crippen LogP contribution is -2.47. The average molecular weight is 1900 g/mol. The van der Waals surface area contributed by atoms with E-state index in [4.69, 9.17) is 42.6 Å². The quantitative estimate of drug-likeness (QED) is 0.00594. The number of para-hydroxylation sites is 1. The second-order valence-electron chi connectivity index (χ2n) is 39.0. The van der Waals surface area contributed by atoms with E-state index in [0.717, 1.165) is 153 Å². The van der Waals surface area contributed by atoms with Gasteiger partial charge in [-0.05, 0) is 266 Å². The third-order valence-electron chi connectivity index (χ3n) is 28.5. The lowest BCUT2D eigenvalue weighted by Gasteiger charge is -2.44. The minimum absolute atomic E-state index is 0.0176. The molecule has 3 aromatic heterocycles. The zero-order valence-corrected chi connectivity index (χ0v) is 80.8. The smallest absolute Gasteiger partial charge is 0.481 e. The van der Waals surface area contributed by atoms with Gasteiger partial charge in [0.25, 0.3) is 6.01 Å². The summed E-state index contributed by atoms with van der Waals surface area (Å²) in [7, 11) is 1.60. The number of hydrogen-bond donors (Lipinski definition) is 9. The second-order valence-corrected chi connectivity index (χ2v) is 39.0. The van der Waals surface area contributed by atoms with Crippen molar-refractivity contribution < 1.29 is 106 Å². The first-order valence-corrected chi connectivity index (χ1v) is 49.2. The summed E-state index contributed by atoms with van der Waals surface area (Å²) in [5.74, 6) is -1.03.